The minimum absolute atomic E-state index is 0.0454. The lowest BCUT2D eigenvalue weighted by atomic mass is 10.2. The molecule has 0 aliphatic carbocycles. The largest absolute Gasteiger partial charge is 0.490 e. The lowest BCUT2D eigenvalue weighted by Gasteiger charge is -2.12. The molecular formula is C13H13ClN2O4. The fourth-order valence-electron chi connectivity index (χ4n) is 1.82. The summed E-state index contributed by atoms with van der Waals surface area (Å²) in [5.74, 6) is 1.03. The van der Waals surface area contributed by atoms with Crippen molar-refractivity contribution in [3.8, 4) is 11.5 Å². The molecule has 0 bridgehead atoms. The first-order chi connectivity index (χ1) is 9.58. The highest BCUT2D eigenvalue weighted by molar-refractivity contribution is 6.37. The molecule has 0 saturated heterocycles. The standard InChI is InChI=1S/C13H13ClN2O4/c1-3-19-11-5-8-9(6-12(11)20-4-2)15-7-10(13(8)14)16(17)18/h5-7H,3-4H2,1-2H3. The van der Waals surface area contributed by atoms with Gasteiger partial charge < -0.3 is 9.47 Å². The molecule has 0 fully saturated rings. The third-order valence-electron chi connectivity index (χ3n) is 2.65. The summed E-state index contributed by atoms with van der Waals surface area (Å²) in [6, 6.07) is 3.28. The van der Waals surface area contributed by atoms with Crippen LogP contribution in [0.4, 0.5) is 5.69 Å². The molecule has 1 aromatic carbocycles. The summed E-state index contributed by atoms with van der Waals surface area (Å²) in [6.45, 7) is 4.63. The van der Waals surface area contributed by atoms with Gasteiger partial charge in [0, 0.05) is 11.5 Å². The van der Waals surface area contributed by atoms with E-state index in [0.29, 0.717) is 35.6 Å². The van der Waals surface area contributed by atoms with E-state index < -0.39 is 4.92 Å². The van der Waals surface area contributed by atoms with Crippen LogP contribution in [0.25, 0.3) is 10.9 Å². The van der Waals surface area contributed by atoms with Crippen LogP contribution in [0.5, 0.6) is 11.5 Å². The predicted molar refractivity (Wildman–Crippen MR) is 75.7 cm³/mol. The maximum absolute atomic E-state index is 10.9. The molecule has 1 aromatic heterocycles. The van der Waals surface area contributed by atoms with E-state index in [2.05, 4.69) is 4.98 Å². The van der Waals surface area contributed by atoms with Gasteiger partial charge in [0.05, 0.1) is 23.7 Å². The molecule has 2 aromatic rings. The van der Waals surface area contributed by atoms with E-state index in [1.807, 2.05) is 13.8 Å². The molecule has 0 atom stereocenters. The number of fused-ring (bicyclic) bond motifs is 1. The van der Waals surface area contributed by atoms with Gasteiger partial charge in [-0.15, -0.1) is 0 Å². The molecule has 1 heterocycles. The average molecular weight is 297 g/mol. The van der Waals surface area contributed by atoms with E-state index in [4.69, 9.17) is 21.1 Å². The van der Waals surface area contributed by atoms with E-state index in [0.717, 1.165) is 6.20 Å². The maximum Gasteiger partial charge on any atom is 0.306 e. The first-order valence-corrected chi connectivity index (χ1v) is 6.48. The lowest BCUT2D eigenvalue weighted by molar-refractivity contribution is -0.384. The average Bonchev–Trinajstić information content (AvgIpc) is 2.40. The first-order valence-electron chi connectivity index (χ1n) is 6.10. The van der Waals surface area contributed by atoms with Crippen molar-refractivity contribution < 1.29 is 14.4 Å². The van der Waals surface area contributed by atoms with Gasteiger partial charge in [0.2, 0.25) is 0 Å². The fraction of sp³-hybridized carbons (Fsp3) is 0.308. The van der Waals surface area contributed by atoms with Crippen molar-refractivity contribution >= 4 is 28.2 Å². The van der Waals surface area contributed by atoms with E-state index in [-0.39, 0.29) is 10.7 Å². The molecule has 0 saturated carbocycles. The summed E-state index contributed by atoms with van der Waals surface area (Å²) in [5, 5.41) is 11.4. The molecule has 0 spiro atoms. The van der Waals surface area contributed by atoms with Gasteiger partial charge in [0.15, 0.2) is 11.5 Å². The monoisotopic (exact) mass is 296 g/mol. The number of nitro groups is 1. The van der Waals surface area contributed by atoms with Gasteiger partial charge in [-0.05, 0) is 19.9 Å². The first kappa shape index (κ1) is 14.3. The zero-order chi connectivity index (χ0) is 14.7. The highest BCUT2D eigenvalue weighted by Crippen LogP contribution is 2.38. The van der Waals surface area contributed by atoms with Crippen LogP contribution in [0.3, 0.4) is 0 Å². The van der Waals surface area contributed by atoms with E-state index in [1.165, 1.54) is 0 Å². The van der Waals surface area contributed by atoms with Gasteiger partial charge in [-0.1, -0.05) is 11.6 Å². The minimum atomic E-state index is -0.564. The third kappa shape index (κ3) is 2.60. The normalized spacial score (nSPS) is 10.6. The number of hydrogen-bond donors (Lipinski definition) is 0. The number of rotatable bonds is 5. The van der Waals surface area contributed by atoms with Gasteiger partial charge in [0.1, 0.15) is 11.2 Å². The number of hydrogen-bond acceptors (Lipinski definition) is 5. The van der Waals surface area contributed by atoms with Crippen LogP contribution in [0.15, 0.2) is 18.3 Å². The number of benzene rings is 1. The van der Waals surface area contributed by atoms with Gasteiger partial charge >= 0.3 is 5.69 Å². The van der Waals surface area contributed by atoms with Gasteiger partial charge in [-0.25, -0.2) is 4.98 Å². The van der Waals surface area contributed by atoms with Gasteiger partial charge in [0.25, 0.3) is 0 Å². The van der Waals surface area contributed by atoms with E-state index >= 15 is 0 Å². The zero-order valence-electron chi connectivity index (χ0n) is 11.1. The predicted octanol–water partition coefficient (Wildman–Crippen LogP) is 3.59. The van der Waals surface area contributed by atoms with Crippen molar-refractivity contribution in [2.75, 3.05) is 13.2 Å². The van der Waals surface area contributed by atoms with Gasteiger partial charge in [-0.2, -0.15) is 0 Å². The number of nitrogens with zero attached hydrogens (tertiary/aromatic N) is 2. The lowest BCUT2D eigenvalue weighted by Crippen LogP contribution is -1.99. The quantitative estimate of drug-likeness (QED) is 0.622. The fourth-order valence-corrected chi connectivity index (χ4v) is 2.09. The summed E-state index contributed by atoms with van der Waals surface area (Å²) in [5.41, 5.74) is 0.290. The van der Waals surface area contributed by atoms with Crippen molar-refractivity contribution in [2.45, 2.75) is 13.8 Å². The Bertz CT molecular complexity index is 660. The summed E-state index contributed by atoms with van der Waals surface area (Å²) in [4.78, 5) is 14.4. The third-order valence-corrected chi connectivity index (χ3v) is 3.04. The molecule has 106 valence electrons. The van der Waals surface area contributed by atoms with Crippen molar-refractivity contribution in [1.82, 2.24) is 4.98 Å². The van der Waals surface area contributed by atoms with Crippen molar-refractivity contribution in [2.24, 2.45) is 0 Å². The molecule has 7 heteroatoms. The Morgan fingerprint density at radius 2 is 1.85 bits per heavy atom. The summed E-state index contributed by atoms with van der Waals surface area (Å²) in [7, 11) is 0. The Labute approximate surface area is 120 Å². The second-order valence-electron chi connectivity index (χ2n) is 3.90. The summed E-state index contributed by atoms with van der Waals surface area (Å²) in [6.07, 6.45) is 1.14. The number of ether oxygens (including phenoxy) is 2. The van der Waals surface area contributed by atoms with Crippen LogP contribution in [-0.2, 0) is 0 Å². The molecule has 20 heavy (non-hydrogen) atoms. The topological polar surface area (TPSA) is 74.5 Å². The van der Waals surface area contributed by atoms with Crippen LogP contribution in [0.2, 0.25) is 5.02 Å². The SMILES string of the molecule is CCOc1cc2ncc([N+](=O)[O-])c(Cl)c2cc1OCC. The van der Waals surface area contributed by atoms with Crippen molar-refractivity contribution in [3.63, 3.8) is 0 Å². The smallest absolute Gasteiger partial charge is 0.306 e. The van der Waals surface area contributed by atoms with Crippen LogP contribution < -0.4 is 9.47 Å². The summed E-state index contributed by atoms with van der Waals surface area (Å²) < 4.78 is 10.9. The molecule has 0 N–H and O–H groups in total. The molecule has 0 unspecified atom stereocenters. The molecule has 2 rings (SSSR count). The molecule has 6 nitrogen and oxygen atoms in total. The Kier molecular flexibility index (Phi) is 4.24. The van der Waals surface area contributed by atoms with Crippen LogP contribution in [-0.4, -0.2) is 23.1 Å². The second kappa shape index (κ2) is 5.92. The van der Waals surface area contributed by atoms with Crippen LogP contribution in [0, 0.1) is 10.1 Å². The number of aromatic nitrogens is 1. The Morgan fingerprint density at radius 1 is 1.25 bits per heavy atom. The van der Waals surface area contributed by atoms with Crippen molar-refractivity contribution in [1.29, 1.82) is 0 Å². The number of halogens is 1. The van der Waals surface area contributed by atoms with Crippen LogP contribution >= 0.6 is 11.6 Å². The maximum atomic E-state index is 10.9. The molecule has 0 amide bonds. The summed E-state index contributed by atoms with van der Waals surface area (Å²) >= 11 is 6.06. The van der Waals surface area contributed by atoms with Crippen molar-refractivity contribution in [3.05, 3.63) is 33.5 Å². The van der Waals surface area contributed by atoms with E-state index in [1.54, 1.807) is 12.1 Å². The molecule has 0 aliphatic rings. The Morgan fingerprint density at radius 3 is 2.40 bits per heavy atom. The molecule has 0 aliphatic heterocycles. The number of pyridine rings is 1. The molecular weight excluding hydrogens is 284 g/mol. The molecule has 0 radical (unpaired) electrons. The second-order valence-corrected chi connectivity index (χ2v) is 4.27. The van der Waals surface area contributed by atoms with Crippen LogP contribution in [0.1, 0.15) is 13.8 Å². The minimum Gasteiger partial charge on any atom is -0.490 e. The Hall–Kier alpha value is -2.08. The van der Waals surface area contributed by atoms with E-state index in [9.17, 15) is 10.1 Å². The highest BCUT2D eigenvalue weighted by atomic mass is 35.5. The zero-order valence-corrected chi connectivity index (χ0v) is 11.8. The van der Waals surface area contributed by atoms with Gasteiger partial charge in [-0.3, -0.25) is 10.1 Å². The Balaban J connectivity index is 2.67. The highest BCUT2D eigenvalue weighted by Gasteiger charge is 2.18.